The van der Waals surface area contributed by atoms with Crippen molar-refractivity contribution in [1.82, 2.24) is 15.3 Å². The number of thiophene rings is 1. The van der Waals surface area contributed by atoms with E-state index >= 15 is 0 Å². The van der Waals surface area contributed by atoms with Gasteiger partial charge in [-0.25, -0.2) is 9.97 Å². The number of fused-ring (bicyclic) bond motifs is 1. The summed E-state index contributed by atoms with van der Waals surface area (Å²) in [5, 5.41) is 14.4. The Balaban J connectivity index is 2.03. The Hall–Kier alpha value is -2.22. The van der Waals surface area contributed by atoms with Crippen molar-refractivity contribution >= 4 is 39.2 Å². The topological polar surface area (TPSA) is 95.4 Å². The van der Waals surface area contributed by atoms with Crippen molar-refractivity contribution in [2.24, 2.45) is 0 Å². The van der Waals surface area contributed by atoms with E-state index in [1.54, 1.807) is 4.90 Å². The number of hydrogen-bond acceptors (Lipinski definition) is 6. The highest BCUT2D eigenvalue weighted by Crippen LogP contribution is 2.29. The number of rotatable bonds is 3. The van der Waals surface area contributed by atoms with E-state index in [9.17, 15) is 9.59 Å². The minimum absolute atomic E-state index is 0.249. The van der Waals surface area contributed by atoms with Crippen molar-refractivity contribution in [3.63, 3.8) is 0 Å². The molecule has 0 aliphatic carbocycles. The van der Waals surface area contributed by atoms with Crippen LogP contribution >= 0.6 is 11.3 Å². The maximum atomic E-state index is 11.9. The van der Waals surface area contributed by atoms with Crippen LogP contribution in [0.25, 0.3) is 10.2 Å². The molecular formula is C12H12N4O3S. The zero-order valence-corrected chi connectivity index (χ0v) is 11.3. The van der Waals surface area contributed by atoms with Gasteiger partial charge in [-0.2, -0.15) is 0 Å². The number of aromatic nitrogens is 2. The Labute approximate surface area is 118 Å². The minimum Gasteiger partial charge on any atom is -0.481 e. The van der Waals surface area contributed by atoms with E-state index in [0.717, 1.165) is 10.2 Å². The largest absolute Gasteiger partial charge is 0.481 e. The van der Waals surface area contributed by atoms with Crippen LogP contribution in [0, 0.1) is 0 Å². The molecule has 7 nitrogen and oxygen atoms in total. The summed E-state index contributed by atoms with van der Waals surface area (Å²) in [4.78, 5) is 33.9. The van der Waals surface area contributed by atoms with Gasteiger partial charge < -0.3 is 15.3 Å². The molecule has 20 heavy (non-hydrogen) atoms. The van der Waals surface area contributed by atoms with Crippen LogP contribution in [0.15, 0.2) is 17.8 Å². The average molecular weight is 292 g/mol. The number of nitrogens with one attached hydrogen (secondary N) is 1. The summed E-state index contributed by atoms with van der Waals surface area (Å²) in [7, 11) is 0. The number of carbonyl (C=O) groups is 2. The Morgan fingerprint density at radius 2 is 2.40 bits per heavy atom. The molecule has 1 atom stereocenters. The predicted molar refractivity (Wildman–Crippen MR) is 73.8 cm³/mol. The summed E-state index contributed by atoms with van der Waals surface area (Å²) in [6.45, 7) is 1.01. The number of carboxylic acid groups (broad SMARTS) is 1. The van der Waals surface area contributed by atoms with Crippen LogP contribution in [-0.2, 0) is 9.59 Å². The molecule has 1 fully saturated rings. The molecule has 1 aliphatic heterocycles. The molecule has 0 spiro atoms. The fraction of sp³-hybridized carbons (Fsp3) is 0.333. The lowest BCUT2D eigenvalue weighted by Gasteiger charge is -2.35. The van der Waals surface area contributed by atoms with Crippen molar-refractivity contribution < 1.29 is 14.7 Å². The number of anilines is 1. The lowest BCUT2D eigenvalue weighted by molar-refractivity contribution is -0.139. The van der Waals surface area contributed by atoms with Gasteiger partial charge in [0.15, 0.2) is 0 Å². The molecule has 2 aromatic heterocycles. The second-order valence-electron chi connectivity index (χ2n) is 4.43. The normalized spacial score (nSPS) is 19.1. The molecule has 8 heteroatoms. The molecule has 0 bridgehead atoms. The first-order valence-electron chi connectivity index (χ1n) is 6.11. The standard InChI is InChI=1S/C12H12N4O3S/c17-9(18)5-8-11(19)13-2-3-16(8)10-7-1-4-20-12(7)15-6-14-10/h1,4,6,8H,2-3,5H2,(H,13,19)(H,17,18). The highest BCUT2D eigenvalue weighted by Gasteiger charge is 2.33. The van der Waals surface area contributed by atoms with Gasteiger partial charge in [-0.15, -0.1) is 11.3 Å². The van der Waals surface area contributed by atoms with Gasteiger partial charge in [-0.3, -0.25) is 9.59 Å². The van der Waals surface area contributed by atoms with E-state index in [4.69, 9.17) is 5.11 Å². The van der Waals surface area contributed by atoms with Crippen molar-refractivity contribution in [1.29, 1.82) is 0 Å². The monoisotopic (exact) mass is 292 g/mol. The first-order chi connectivity index (χ1) is 9.66. The summed E-state index contributed by atoms with van der Waals surface area (Å²) >= 11 is 1.49. The molecule has 2 N–H and O–H groups in total. The summed E-state index contributed by atoms with van der Waals surface area (Å²) in [6, 6.07) is 1.15. The average Bonchev–Trinajstić information content (AvgIpc) is 2.89. The van der Waals surface area contributed by atoms with Crippen LogP contribution in [0.5, 0.6) is 0 Å². The van der Waals surface area contributed by atoms with Gasteiger partial charge in [0.25, 0.3) is 0 Å². The van der Waals surface area contributed by atoms with Crippen LogP contribution in [0.4, 0.5) is 5.82 Å². The van der Waals surface area contributed by atoms with Gasteiger partial charge in [0.2, 0.25) is 5.91 Å². The molecule has 2 aromatic rings. The Kier molecular flexibility index (Phi) is 3.23. The zero-order valence-electron chi connectivity index (χ0n) is 10.4. The van der Waals surface area contributed by atoms with Gasteiger partial charge in [0.1, 0.15) is 23.0 Å². The second-order valence-corrected chi connectivity index (χ2v) is 5.33. The van der Waals surface area contributed by atoms with E-state index in [2.05, 4.69) is 15.3 Å². The number of aliphatic carboxylic acids is 1. The van der Waals surface area contributed by atoms with E-state index in [1.165, 1.54) is 17.7 Å². The Bertz CT molecular complexity index is 672. The minimum atomic E-state index is -1.01. The molecular weight excluding hydrogens is 280 g/mol. The molecule has 1 saturated heterocycles. The van der Waals surface area contributed by atoms with E-state index in [-0.39, 0.29) is 12.3 Å². The number of piperazine rings is 1. The number of nitrogens with zero attached hydrogens (tertiary/aromatic N) is 3. The first-order valence-corrected chi connectivity index (χ1v) is 6.99. The number of carbonyl (C=O) groups excluding carboxylic acids is 1. The molecule has 1 amide bonds. The second kappa shape index (κ2) is 5.04. The lowest BCUT2D eigenvalue weighted by atomic mass is 10.1. The van der Waals surface area contributed by atoms with Crippen LogP contribution in [0.3, 0.4) is 0 Å². The van der Waals surface area contributed by atoms with Crippen LogP contribution in [0.2, 0.25) is 0 Å². The highest BCUT2D eigenvalue weighted by atomic mass is 32.1. The molecule has 1 unspecified atom stereocenters. The third-order valence-electron chi connectivity index (χ3n) is 3.21. The quantitative estimate of drug-likeness (QED) is 0.854. The van der Waals surface area contributed by atoms with Crippen LogP contribution in [-0.4, -0.2) is 46.1 Å². The van der Waals surface area contributed by atoms with Crippen molar-refractivity contribution in [2.45, 2.75) is 12.5 Å². The SMILES string of the molecule is O=C(O)CC1C(=O)NCCN1c1ncnc2sccc12. The predicted octanol–water partition coefficient (Wildman–Crippen LogP) is 0.471. The van der Waals surface area contributed by atoms with Crippen LogP contribution < -0.4 is 10.2 Å². The number of carboxylic acids is 1. The lowest BCUT2D eigenvalue weighted by Crippen LogP contribution is -2.56. The maximum absolute atomic E-state index is 11.9. The van der Waals surface area contributed by atoms with Crippen molar-refractivity contribution in [3.05, 3.63) is 17.8 Å². The summed E-state index contributed by atoms with van der Waals surface area (Å²) in [5.74, 6) is -0.661. The van der Waals surface area contributed by atoms with Crippen molar-refractivity contribution in [2.75, 3.05) is 18.0 Å². The summed E-state index contributed by atoms with van der Waals surface area (Å²) < 4.78 is 0. The van der Waals surface area contributed by atoms with E-state index < -0.39 is 12.0 Å². The number of amides is 1. The molecule has 0 aromatic carbocycles. The van der Waals surface area contributed by atoms with E-state index in [0.29, 0.717) is 18.9 Å². The molecule has 3 rings (SSSR count). The summed E-state index contributed by atoms with van der Waals surface area (Å²) in [5.41, 5.74) is 0. The Morgan fingerprint density at radius 3 is 3.20 bits per heavy atom. The zero-order chi connectivity index (χ0) is 14.1. The smallest absolute Gasteiger partial charge is 0.305 e. The molecule has 0 radical (unpaired) electrons. The molecule has 0 saturated carbocycles. The van der Waals surface area contributed by atoms with Gasteiger partial charge >= 0.3 is 5.97 Å². The molecule has 3 heterocycles. The van der Waals surface area contributed by atoms with E-state index in [1.807, 2.05) is 11.4 Å². The number of hydrogen-bond donors (Lipinski definition) is 2. The van der Waals surface area contributed by atoms with Gasteiger partial charge in [0, 0.05) is 13.1 Å². The fourth-order valence-corrected chi connectivity index (χ4v) is 3.07. The van der Waals surface area contributed by atoms with Gasteiger partial charge in [-0.05, 0) is 11.4 Å². The van der Waals surface area contributed by atoms with Gasteiger partial charge in [0.05, 0.1) is 11.8 Å². The third-order valence-corrected chi connectivity index (χ3v) is 4.03. The van der Waals surface area contributed by atoms with Gasteiger partial charge in [-0.1, -0.05) is 0 Å². The summed E-state index contributed by atoms with van der Waals surface area (Å²) in [6.07, 6.45) is 1.19. The Morgan fingerprint density at radius 1 is 1.55 bits per heavy atom. The molecule has 104 valence electrons. The first kappa shape index (κ1) is 12.8. The van der Waals surface area contributed by atoms with Crippen LogP contribution in [0.1, 0.15) is 6.42 Å². The van der Waals surface area contributed by atoms with Crippen molar-refractivity contribution in [3.8, 4) is 0 Å². The molecule has 1 aliphatic rings. The fourth-order valence-electron chi connectivity index (χ4n) is 2.34. The maximum Gasteiger partial charge on any atom is 0.305 e. The third kappa shape index (κ3) is 2.18. The highest BCUT2D eigenvalue weighted by molar-refractivity contribution is 7.16.